The van der Waals surface area contributed by atoms with Crippen LogP contribution in [0.2, 0.25) is 0 Å². The van der Waals surface area contributed by atoms with Gasteiger partial charge in [-0.25, -0.2) is 0 Å². The lowest BCUT2D eigenvalue weighted by molar-refractivity contribution is 0.225. The first-order valence-electron chi connectivity index (χ1n) is 6.33. The molecule has 17 heavy (non-hydrogen) atoms. The van der Waals surface area contributed by atoms with Crippen LogP contribution < -0.4 is 0 Å². The fourth-order valence-electron chi connectivity index (χ4n) is 2.39. The molecule has 0 aliphatic heterocycles. The van der Waals surface area contributed by atoms with E-state index in [9.17, 15) is 10.0 Å². The summed E-state index contributed by atoms with van der Waals surface area (Å²) in [5, 5.41) is 12.5. The van der Waals surface area contributed by atoms with Crippen molar-refractivity contribution in [2.75, 3.05) is 0 Å². The van der Waals surface area contributed by atoms with Gasteiger partial charge < -0.3 is 5.11 Å². The zero-order valence-corrected chi connectivity index (χ0v) is 10.0. The van der Waals surface area contributed by atoms with Gasteiger partial charge in [0.1, 0.15) is 0 Å². The molecule has 0 aromatic carbocycles. The second-order valence-electron chi connectivity index (χ2n) is 4.87. The van der Waals surface area contributed by atoms with Gasteiger partial charge in [-0.2, -0.15) is 4.91 Å². The Bertz CT molecular complexity index is 368. The SMILES string of the molecule is O=NC1CC=C(CC2=CC[C@H](O)C=C2)CCC1. The summed E-state index contributed by atoms with van der Waals surface area (Å²) < 4.78 is 0. The molecule has 0 aromatic rings. The Kier molecular flexibility index (Phi) is 4.26. The topological polar surface area (TPSA) is 49.7 Å². The quantitative estimate of drug-likeness (QED) is 0.601. The third-order valence-electron chi connectivity index (χ3n) is 3.45. The summed E-state index contributed by atoms with van der Waals surface area (Å²) in [4.78, 5) is 10.5. The lowest BCUT2D eigenvalue weighted by atomic mass is 9.96. The van der Waals surface area contributed by atoms with Crippen LogP contribution in [-0.2, 0) is 0 Å². The van der Waals surface area contributed by atoms with Gasteiger partial charge in [-0.1, -0.05) is 35.1 Å². The molecular weight excluding hydrogens is 214 g/mol. The highest BCUT2D eigenvalue weighted by atomic mass is 16.3. The molecule has 0 spiro atoms. The van der Waals surface area contributed by atoms with Crippen LogP contribution in [0.5, 0.6) is 0 Å². The molecule has 3 heteroatoms. The van der Waals surface area contributed by atoms with Crippen molar-refractivity contribution >= 4 is 0 Å². The number of nitroso groups, excluding NO2 is 1. The van der Waals surface area contributed by atoms with Crippen molar-refractivity contribution in [1.82, 2.24) is 0 Å². The van der Waals surface area contributed by atoms with Crippen molar-refractivity contribution < 1.29 is 5.11 Å². The second-order valence-corrected chi connectivity index (χ2v) is 4.87. The van der Waals surface area contributed by atoms with Gasteiger partial charge in [0, 0.05) is 0 Å². The third kappa shape index (κ3) is 3.63. The van der Waals surface area contributed by atoms with E-state index in [2.05, 4.69) is 17.3 Å². The molecule has 0 bridgehead atoms. The highest BCUT2D eigenvalue weighted by molar-refractivity contribution is 5.29. The van der Waals surface area contributed by atoms with E-state index in [4.69, 9.17) is 0 Å². The average molecular weight is 233 g/mol. The Balaban J connectivity index is 1.92. The summed E-state index contributed by atoms with van der Waals surface area (Å²) in [7, 11) is 0. The summed E-state index contributed by atoms with van der Waals surface area (Å²) in [5.74, 6) is 0. The van der Waals surface area contributed by atoms with E-state index in [0.29, 0.717) is 0 Å². The standard InChI is InChI=1S/C14H19NO2/c16-14-8-5-12(6-9-14)10-11-2-1-3-13(15-17)7-4-11/h4-6,8,13-14,16H,1-3,7,9-10H2/t13?,14-/m1/s1. The van der Waals surface area contributed by atoms with Gasteiger partial charge in [-0.05, 0) is 44.1 Å². The smallest absolute Gasteiger partial charge is 0.0954 e. The van der Waals surface area contributed by atoms with E-state index in [0.717, 1.165) is 38.5 Å². The molecule has 2 aliphatic carbocycles. The first-order valence-corrected chi connectivity index (χ1v) is 6.33. The van der Waals surface area contributed by atoms with Crippen molar-refractivity contribution in [1.29, 1.82) is 0 Å². The highest BCUT2D eigenvalue weighted by Crippen LogP contribution is 2.26. The van der Waals surface area contributed by atoms with E-state index < -0.39 is 0 Å². The molecule has 0 fully saturated rings. The fraction of sp³-hybridized carbons (Fsp3) is 0.571. The Morgan fingerprint density at radius 2 is 2.24 bits per heavy atom. The number of aliphatic hydroxyl groups is 1. The lowest BCUT2D eigenvalue weighted by Crippen LogP contribution is -2.04. The molecule has 2 aliphatic rings. The second kappa shape index (κ2) is 5.92. The van der Waals surface area contributed by atoms with Crippen LogP contribution in [0.15, 0.2) is 40.6 Å². The first kappa shape index (κ1) is 12.2. The molecule has 92 valence electrons. The Morgan fingerprint density at radius 1 is 1.35 bits per heavy atom. The fourth-order valence-corrected chi connectivity index (χ4v) is 2.39. The largest absolute Gasteiger partial charge is 0.389 e. The Labute approximate surface area is 102 Å². The van der Waals surface area contributed by atoms with Crippen LogP contribution in [0.3, 0.4) is 0 Å². The maximum absolute atomic E-state index is 10.5. The molecule has 3 nitrogen and oxygen atoms in total. The number of rotatable bonds is 3. The van der Waals surface area contributed by atoms with Crippen LogP contribution >= 0.6 is 0 Å². The average Bonchev–Trinajstić information content (AvgIpc) is 2.57. The number of hydrogen-bond donors (Lipinski definition) is 1. The van der Waals surface area contributed by atoms with Crippen molar-refractivity contribution in [3.05, 3.63) is 40.4 Å². The summed E-state index contributed by atoms with van der Waals surface area (Å²) in [5.41, 5.74) is 2.68. The molecule has 1 unspecified atom stereocenters. The molecule has 2 rings (SSSR count). The number of allylic oxidation sites excluding steroid dienone is 3. The monoisotopic (exact) mass is 233 g/mol. The Morgan fingerprint density at radius 3 is 2.94 bits per heavy atom. The van der Waals surface area contributed by atoms with Crippen molar-refractivity contribution in [3.8, 4) is 0 Å². The molecule has 2 atom stereocenters. The van der Waals surface area contributed by atoms with Crippen LogP contribution in [0.4, 0.5) is 0 Å². The van der Waals surface area contributed by atoms with E-state index in [1.165, 1.54) is 11.1 Å². The zero-order valence-electron chi connectivity index (χ0n) is 10.0. The maximum atomic E-state index is 10.5. The zero-order chi connectivity index (χ0) is 12.1. The minimum absolute atomic E-state index is 0.0230. The van der Waals surface area contributed by atoms with Crippen molar-refractivity contribution in [2.24, 2.45) is 5.18 Å². The van der Waals surface area contributed by atoms with Crippen LogP contribution in [0, 0.1) is 4.91 Å². The first-order chi connectivity index (χ1) is 8.28. The molecule has 0 heterocycles. The predicted molar refractivity (Wildman–Crippen MR) is 68.6 cm³/mol. The molecule has 0 saturated carbocycles. The van der Waals surface area contributed by atoms with Gasteiger partial charge >= 0.3 is 0 Å². The molecule has 0 amide bonds. The normalized spacial score (nSPS) is 29.2. The van der Waals surface area contributed by atoms with Gasteiger partial charge in [0.05, 0.1) is 12.1 Å². The molecule has 1 N–H and O–H groups in total. The van der Waals surface area contributed by atoms with Gasteiger partial charge in [0.15, 0.2) is 0 Å². The van der Waals surface area contributed by atoms with E-state index in [-0.39, 0.29) is 12.1 Å². The molecule has 0 aromatic heterocycles. The highest BCUT2D eigenvalue weighted by Gasteiger charge is 2.13. The maximum Gasteiger partial charge on any atom is 0.0954 e. The molecule has 0 saturated heterocycles. The van der Waals surface area contributed by atoms with Crippen LogP contribution in [0.25, 0.3) is 0 Å². The van der Waals surface area contributed by atoms with Crippen molar-refractivity contribution in [2.45, 2.75) is 50.7 Å². The number of aliphatic hydroxyl groups excluding tert-OH is 1. The number of hydrogen-bond acceptors (Lipinski definition) is 3. The predicted octanol–water partition coefficient (Wildman–Crippen LogP) is 3.26. The van der Waals surface area contributed by atoms with E-state index >= 15 is 0 Å². The van der Waals surface area contributed by atoms with E-state index in [1.54, 1.807) is 0 Å². The Hall–Kier alpha value is -1.22. The van der Waals surface area contributed by atoms with Crippen molar-refractivity contribution in [3.63, 3.8) is 0 Å². The van der Waals surface area contributed by atoms with Gasteiger partial charge in [0.2, 0.25) is 0 Å². The minimum Gasteiger partial charge on any atom is -0.389 e. The van der Waals surface area contributed by atoms with Gasteiger partial charge in [-0.3, -0.25) is 0 Å². The summed E-state index contributed by atoms with van der Waals surface area (Å²) >= 11 is 0. The molecule has 0 radical (unpaired) electrons. The number of nitrogens with zero attached hydrogens (tertiary/aromatic N) is 1. The lowest BCUT2D eigenvalue weighted by Gasteiger charge is -2.12. The van der Waals surface area contributed by atoms with Crippen LogP contribution in [-0.4, -0.2) is 17.3 Å². The van der Waals surface area contributed by atoms with Gasteiger partial charge in [-0.15, -0.1) is 0 Å². The van der Waals surface area contributed by atoms with Gasteiger partial charge in [0.25, 0.3) is 0 Å². The summed E-state index contributed by atoms with van der Waals surface area (Å²) in [6.45, 7) is 0. The minimum atomic E-state index is -0.314. The third-order valence-corrected chi connectivity index (χ3v) is 3.45. The van der Waals surface area contributed by atoms with E-state index in [1.807, 2.05) is 12.2 Å². The summed E-state index contributed by atoms with van der Waals surface area (Å²) in [6, 6.07) is -0.0230. The molecular formula is C14H19NO2. The van der Waals surface area contributed by atoms with Crippen LogP contribution in [0.1, 0.15) is 38.5 Å². The summed E-state index contributed by atoms with van der Waals surface area (Å²) in [6.07, 6.45) is 13.3.